The molecule has 2 rings (SSSR count). The topological polar surface area (TPSA) is 92.8 Å². The number of hydrogen-bond acceptors (Lipinski definition) is 5. The zero-order valence-electron chi connectivity index (χ0n) is 14.4. The fourth-order valence-electron chi connectivity index (χ4n) is 2.49. The van der Waals surface area contributed by atoms with Crippen molar-refractivity contribution in [3.63, 3.8) is 0 Å². The third kappa shape index (κ3) is 4.63. The molecule has 0 saturated carbocycles. The molecule has 9 heteroatoms. The monoisotopic (exact) mass is 400 g/mol. The van der Waals surface area contributed by atoms with Crippen LogP contribution in [0.4, 0.5) is 0 Å². The Kier molecular flexibility index (Phi) is 6.80. The van der Waals surface area contributed by atoms with E-state index in [1.165, 1.54) is 35.5 Å². The molecule has 1 aliphatic rings. The summed E-state index contributed by atoms with van der Waals surface area (Å²) in [7, 11) is -3.69. The van der Waals surface area contributed by atoms with Gasteiger partial charge in [-0.2, -0.15) is 4.31 Å². The highest BCUT2D eigenvalue weighted by Crippen LogP contribution is 2.26. The van der Waals surface area contributed by atoms with Crippen molar-refractivity contribution in [1.82, 2.24) is 9.62 Å². The molecule has 0 radical (unpaired) electrons. The van der Waals surface area contributed by atoms with Crippen LogP contribution in [0.2, 0.25) is 5.02 Å². The third-order valence-corrected chi connectivity index (χ3v) is 6.16. The van der Waals surface area contributed by atoms with Gasteiger partial charge in [0.1, 0.15) is 0 Å². The van der Waals surface area contributed by atoms with Crippen molar-refractivity contribution in [3.8, 4) is 0 Å². The van der Waals surface area contributed by atoms with Crippen molar-refractivity contribution < 1.29 is 22.7 Å². The van der Waals surface area contributed by atoms with E-state index < -0.39 is 28.0 Å². The van der Waals surface area contributed by atoms with Gasteiger partial charge in [-0.15, -0.1) is 6.58 Å². The first-order chi connectivity index (χ1) is 12.3. The van der Waals surface area contributed by atoms with Gasteiger partial charge in [0.2, 0.25) is 10.0 Å². The number of nitrogens with one attached hydrogen (secondary N) is 1. The van der Waals surface area contributed by atoms with Gasteiger partial charge >= 0.3 is 5.97 Å². The van der Waals surface area contributed by atoms with Gasteiger partial charge in [-0.1, -0.05) is 17.7 Å². The molecular formula is C17H21ClN2O5S. The molecule has 26 heavy (non-hydrogen) atoms. The lowest BCUT2D eigenvalue weighted by Gasteiger charge is -2.17. The largest absolute Gasteiger partial charge is 0.449 e. The molecule has 7 nitrogen and oxygen atoms in total. The highest BCUT2D eigenvalue weighted by atomic mass is 35.5. The quantitative estimate of drug-likeness (QED) is 0.558. The second-order valence-electron chi connectivity index (χ2n) is 5.83. The first-order valence-corrected chi connectivity index (χ1v) is 9.98. The normalized spacial score (nSPS) is 16.1. The van der Waals surface area contributed by atoms with E-state index in [1.54, 1.807) is 0 Å². The van der Waals surface area contributed by atoms with Crippen LogP contribution in [0, 0.1) is 0 Å². The Labute approximate surface area is 158 Å². The van der Waals surface area contributed by atoms with Gasteiger partial charge in [0.05, 0.1) is 15.5 Å². The lowest BCUT2D eigenvalue weighted by atomic mass is 10.2. The van der Waals surface area contributed by atoms with Crippen molar-refractivity contribution in [1.29, 1.82) is 0 Å². The fourth-order valence-corrected chi connectivity index (χ4v) is 4.23. The van der Waals surface area contributed by atoms with Crippen LogP contribution in [0.15, 0.2) is 35.7 Å². The summed E-state index contributed by atoms with van der Waals surface area (Å²) >= 11 is 6.02. The lowest BCUT2D eigenvalue weighted by molar-refractivity contribution is -0.128. The van der Waals surface area contributed by atoms with E-state index in [0.29, 0.717) is 13.1 Å². The zero-order chi connectivity index (χ0) is 19.3. The number of halogens is 1. The van der Waals surface area contributed by atoms with Crippen LogP contribution in [0.25, 0.3) is 0 Å². The maximum Gasteiger partial charge on any atom is 0.340 e. The van der Waals surface area contributed by atoms with Crippen LogP contribution in [-0.4, -0.2) is 50.3 Å². The Hall–Kier alpha value is -1.90. The lowest BCUT2D eigenvalue weighted by Crippen LogP contribution is -2.36. The SMILES string of the molecule is C=CCNC(=O)C(C)OC(=O)c1cc(S(=O)(=O)N2CCCC2)ccc1Cl. The smallest absolute Gasteiger partial charge is 0.340 e. The first-order valence-electron chi connectivity index (χ1n) is 8.16. The number of nitrogens with zero attached hydrogens (tertiary/aromatic N) is 1. The first kappa shape index (κ1) is 20.4. The highest BCUT2D eigenvalue weighted by molar-refractivity contribution is 7.89. The average molecular weight is 401 g/mol. The predicted octanol–water partition coefficient (Wildman–Crippen LogP) is 1.97. The van der Waals surface area contributed by atoms with Crippen LogP contribution in [0.1, 0.15) is 30.1 Å². The second-order valence-corrected chi connectivity index (χ2v) is 8.18. The van der Waals surface area contributed by atoms with Crippen LogP contribution in [0.5, 0.6) is 0 Å². The summed E-state index contributed by atoms with van der Waals surface area (Å²) in [6, 6.07) is 3.88. The van der Waals surface area contributed by atoms with Crippen molar-refractivity contribution in [2.75, 3.05) is 19.6 Å². The van der Waals surface area contributed by atoms with Gasteiger partial charge in [-0.3, -0.25) is 4.79 Å². The maximum absolute atomic E-state index is 12.6. The van der Waals surface area contributed by atoms with Crippen molar-refractivity contribution in [2.45, 2.75) is 30.8 Å². The van der Waals surface area contributed by atoms with E-state index in [0.717, 1.165) is 12.8 Å². The molecule has 1 aliphatic heterocycles. The number of carbonyl (C=O) groups excluding carboxylic acids is 2. The van der Waals surface area contributed by atoms with Gasteiger partial charge in [0.15, 0.2) is 6.10 Å². The van der Waals surface area contributed by atoms with Gasteiger partial charge in [0, 0.05) is 19.6 Å². The van der Waals surface area contributed by atoms with E-state index in [4.69, 9.17) is 16.3 Å². The van der Waals surface area contributed by atoms with Crippen LogP contribution >= 0.6 is 11.6 Å². The minimum Gasteiger partial charge on any atom is -0.449 e. The summed E-state index contributed by atoms with van der Waals surface area (Å²) in [5, 5.41) is 2.56. The summed E-state index contributed by atoms with van der Waals surface area (Å²) < 4.78 is 31.7. The van der Waals surface area contributed by atoms with Crippen LogP contribution in [-0.2, 0) is 19.6 Å². The highest BCUT2D eigenvalue weighted by Gasteiger charge is 2.29. The number of hydrogen-bond donors (Lipinski definition) is 1. The van der Waals surface area contributed by atoms with Gasteiger partial charge in [-0.05, 0) is 38.0 Å². The van der Waals surface area contributed by atoms with E-state index in [1.807, 2.05) is 0 Å². The molecule has 1 heterocycles. The number of amides is 1. The number of rotatable bonds is 7. The molecule has 142 valence electrons. The number of sulfonamides is 1. The fraction of sp³-hybridized carbons (Fsp3) is 0.412. The van der Waals surface area contributed by atoms with Crippen LogP contribution in [0.3, 0.4) is 0 Å². The number of benzene rings is 1. The number of esters is 1. The van der Waals surface area contributed by atoms with Crippen molar-refractivity contribution in [2.24, 2.45) is 0 Å². The zero-order valence-corrected chi connectivity index (χ0v) is 16.0. The van der Waals surface area contributed by atoms with Crippen LogP contribution < -0.4 is 5.32 Å². The molecule has 1 unspecified atom stereocenters. The molecule has 1 amide bonds. The number of carbonyl (C=O) groups is 2. The Morgan fingerprint density at radius 1 is 1.38 bits per heavy atom. The molecule has 0 spiro atoms. The summed E-state index contributed by atoms with van der Waals surface area (Å²) in [4.78, 5) is 24.1. The van der Waals surface area contributed by atoms with E-state index in [2.05, 4.69) is 11.9 Å². The van der Waals surface area contributed by atoms with Gasteiger partial charge in [-0.25, -0.2) is 13.2 Å². The van der Waals surface area contributed by atoms with E-state index in [9.17, 15) is 18.0 Å². The van der Waals surface area contributed by atoms with Crippen molar-refractivity contribution in [3.05, 3.63) is 41.4 Å². The summed E-state index contributed by atoms with van der Waals surface area (Å²) in [5.41, 5.74) is -0.102. The molecule has 0 aliphatic carbocycles. The summed E-state index contributed by atoms with van der Waals surface area (Å²) in [6.07, 6.45) is 2.05. The number of ether oxygens (including phenoxy) is 1. The average Bonchev–Trinajstić information content (AvgIpc) is 3.15. The molecule has 1 N–H and O–H groups in total. The standard InChI is InChI=1S/C17H21ClN2O5S/c1-3-8-19-16(21)12(2)25-17(22)14-11-13(6-7-15(14)18)26(23,24)20-9-4-5-10-20/h3,6-7,11-12H,1,4-5,8-10H2,2H3,(H,19,21). The van der Waals surface area contributed by atoms with Crippen molar-refractivity contribution >= 4 is 33.5 Å². The Balaban J connectivity index is 2.20. The molecule has 0 bridgehead atoms. The third-order valence-electron chi connectivity index (χ3n) is 3.93. The molecule has 1 saturated heterocycles. The predicted molar refractivity (Wildman–Crippen MR) is 97.5 cm³/mol. The molecule has 1 aromatic carbocycles. The molecule has 1 fully saturated rings. The molecule has 1 aromatic rings. The minimum atomic E-state index is -3.69. The molecule has 0 aromatic heterocycles. The Bertz CT molecular complexity index is 803. The minimum absolute atomic E-state index is 0.0282. The molecule has 1 atom stereocenters. The van der Waals surface area contributed by atoms with Gasteiger partial charge in [0.25, 0.3) is 5.91 Å². The van der Waals surface area contributed by atoms with E-state index >= 15 is 0 Å². The molecular weight excluding hydrogens is 380 g/mol. The second kappa shape index (κ2) is 8.66. The summed E-state index contributed by atoms with van der Waals surface area (Å²) in [5.74, 6) is -1.36. The Morgan fingerprint density at radius 3 is 2.65 bits per heavy atom. The Morgan fingerprint density at radius 2 is 2.04 bits per heavy atom. The maximum atomic E-state index is 12.6. The summed E-state index contributed by atoms with van der Waals surface area (Å²) in [6.45, 7) is 6.03. The van der Waals surface area contributed by atoms with Gasteiger partial charge < -0.3 is 10.1 Å². The van der Waals surface area contributed by atoms with E-state index in [-0.39, 0.29) is 22.0 Å².